The van der Waals surface area contributed by atoms with Crippen molar-refractivity contribution >= 4 is 27.7 Å². The lowest BCUT2D eigenvalue weighted by Crippen LogP contribution is -1.84. The van der Waals surface area contributed by atoms with Gasteiger partial charge < -0.3 is 5.11 Å². The first-order valence-electron chi connectivity index (χ1n) is 5.30. The third kappa shape index (κ3) is 2.21. The van der Waals surface area contributed by atoms with Crippen molar-refractivity contribution in [3.8, 4) is 16.9 Å². The number of rotatable bonds is 2. The van der Waals surface area contributed by atoms with Crippen molar-refractivity contribution in [1.29, 1.82) is 0 Å². The molecule has 3 nitrogen and oxygen atoms in total. The Kier molecular flexibility index (Phi) is 3.60. The van der Waals surface area contributed by atoms with Gasteiger partial charge in [0.2, 0.25) is 6.08 Å². The molecule has 2 rings (SSSR count). The lowest BCUT2D eigenvalue weighted by atomic mass is 10.0. The van der Waals surface area contributed by atoms with Crippen LogP contribution in [0.4, 0.5) is 5.69 Å². The van der Waals surface area contributed by atoms with Gasteiger partial charge in [-0.15, -0.1) is 0 Å². The molecule has 0 atom stereocenters. The highest BCUT2D eigenvalue weighted by molar-refractivity contribution is 9.10. The summed E-state index contributed by atoms with van der Waals surface area (Å²) in [4.78, 5) is 14.3. The molecule has 0 aliphatic carbocycles. The molecule has 0 saturated carbocycles. The number of nitrogens with zero attached hydrogens (tertiary/aromatic N) is 1. The number of aliphatic imine (C=N–C) groups is 1. The molecule has 0 heterocycles. The molecule has 0 aliphatic heterocycles. The maximum absolute atomic E-state index is 10.5. The maximum Gasteiger partial charge on any atom is 0.240 e. The Morgan fingerprint density at radius 2 is 1.89 bits per heavy atom. The van der Waals surface area contributed by atoms with Crippen molar-refractivity contribution in [2.45, 2.75) is 6.92 Å². The van der Waals surface area contributed by atoms with Crippen LogP contribution in [0.5, 0.6) is 5.75 Å². The van der Waals surface area contributed by atoms with Crippen molar-refractivity contribution in [2.24, 2.45) is 4.99 Å². The molecule has 0 amide bonds. The van der Waals surface area contributed by atoms with Crippen LogP contribution in [0.15, 0.2) is 45.9 Å². The number of carbonyl (C=O) groups excluding carboxylic acids is 1. The van der Waals surface area contributed by atoms with Crippen LogP contribution in [0.3, 0.4) is 0 Å². The number of isocyanates is 1. The highest BCUT2D eigenvalue weighted by atomic mass is 79.9. The molecule has 18 heavy (non-hydrogen) atoms. The fraction of sp³-hybridized carbons (Fsp3) is 0.0714. The first kappa shape index (κ1) is 12.6. The Bertz CT molecular complexity index is 646. The van der Waals surface area contributed by atoms with Crippen molar-refractivity contribution in [1.82, 2.24) is 0 Å². The average Bonchev–Trinajstić information content (AvgIpc) is 2.37. The SMILES string of the molecule is Cc1ccc(-c2ccccc2O)c(N=C=O)c1Br. The predicted molar refractivity (Wildman–Crippen MR) is 73.8 cm³/mol. The van der Waals surface area contributed by atoms with E-state index in [0.717, 1.165) is 10.0 Å². The van der Waals surface area contributed by atoms with Gasteiger partial charge >= 0.3 is 0 Å². The summed E-state index contributed by atoms with van der Waals surface area (Å²) in [5, 5.41) is 9.86. The Morgan fingerprint density at radius 1 is 1.17 bits per heavy atom. The molecule has 2 aromatic carbocycles. The Balaban J connectivity index is 2.76. The van der Waals surface area contributed by atoms with E-state index in [2.05, 4.69) is 20.9 Å². The molecule has 1 N–H and O–H groups in total. The molecule has 0 fully saturated rings. The molecule has 0 spiro atoms. The Hall–Kier alpha value is -1.90. The largest absolute Gasteiger partial charge is 0.507 e. The predicted octanol–water partition coefficient (Wildman–Crippen LogP) is 4.10. The van der Waals surface area contributed by atoms with Gasteiger partial charge in [0.15, 0.2) is 0 Å². The number of hydrogen-bond donors (Lipinski definition) is 1. The molecule has 0 bridgehead atoms. The first-order chi connectivity index (χ1) is 8.65. The van der Waals surface area contributed by atoms with Gasteiger partial charge in [-0.1, -0.05) is 30.3 Å². The minimum absolute atomic E-state index is 0.149. The molecule has 2 aromatic rings. The number of phenolic OH excluding ortho intramolecular Hbond substituents is 1. The summed E-state index contributed by atoms with van der Waals surface area (Å²) in [6.45, 7) is 1.91. The van der Waals surface area contributed by atoms with Crippen LogP contribution in [0.25, 0.3) is 11.1 Å². The van der Waals surface area contributed by atoms with Gasteiger partial charge in [0, 0.05) is 15.6 Å². The van der Waals surface area contributed by atoms with Gasteiger partial charge in [-0.3, -0.25) is 0 Å². The Morgan fingerprint density at radius 3 is 2.56 bits per heavy atom. The fourth-order valence-corrected chi connectivity index (χ4v) is 2.17. The minimum Gasteiger partial charge on any atom is -0.507 e. The molecule has 0 saturated heterocycles. The van der Waals surface area contributed by atoms with Gasteiger partial charge in [0.05, 0.1) is 5.69 Å². The number of hydrogen-bond acceptors (Lipinski definition) is 3. The smallest absolute Gasteiger partial charge is 0.240 e. The minimum atomic E-state index is 0.149. The van der Waals surface area contributed by atoms with Gasteiger partial charge in [-0.25, -0.2) is 4.79 Å². The summed E-state index contributed by atoms with van der Waals surface area (Å²) < 4.78 is 0.728. The summed E-state index contributed by atoms with van der Waals surface area (Å²) in [7, 11) is 0. The van der Waals surface area contributed by atoms with Crippen molar-refractivity contribution in [2.75, 3.05) is 0 Å². The van der Waals surface area contributed by atoms with Crippen LogP contribution in [-0.2, 0) is 4.79 Å². The van der Waals surface area contributed by atoms with Crippen LogP contribution in [0.2, 0.25) is 0 Å². The van der Waals surface area contributed by atoms with E-state index in [9.17, 15) is 9.90 Å². The molecular formula is C14H10BrNO2. The van der Waals surface area contributed by atoms with Crippen LogP contribution in [-0.4, -0.2) is 11.2 Å². The van der Waals surface area contributed by atoms with E-state index in [-0.39, 0.29) is 5.75 Å². The average molecular weight is 304 g/mol. The van der Waals surface area contributed by atoms with Crippen molar-refractivity contribution in [3.63, 3.8) is 0 Å². The van der Waals surface area contributed by atoms with Crippen LogP contribution in [0, 0.1) is 6.92 Å². The zero-order chi connectivity index (χ0) is 13.1. The third-order valence-corrected chi connectivity index (χ3v) is 3.66. The summed E-state index contributed by atoms with van der Waals surface area (Å²) >= 11 is 3.40. The molecule has 0 unspecified atom stereocenters. The molecule has 0 aromatic heterocycles. The van der Waals surface area contributed by atoms with E-state index < -0.39 is 0 Å². The van der Waals surface area contributed by atoms with Crippen LogP contribution >= 0.6 is 15.9 Å². The van der Waals surface area contributed by atoms with E-state index in [4.69, 9.17) is 0 Å². The van der Waals surface area contributed by atoms with Gasteiger partial charge in [-0.2, -0.15) is 4.99 Å². The number of benzene rings is 2. The summed E-state index contributed by atoms with van der Waals surface area (Å²) in [5.41, 5.74) is 2.76. The number of para-hydroxylation sites is 1. The van der Waals surface area contributed by atoms with Crippen molar-refractivity contribution in [3.05, 3.63) is 46.4 Å². The van der Waals surface area contributed by atoms with E-state index in [1.54, 1.807) is 24.3 Å². The molecule has 4 heteroatoms. The lowest BCUT2D eigenvalue weighted by molar-refractivity contribution is 0.477. The molecule has 0 radical (unpaired) electrons. The summed E-state index contributed by atoms with van der Waals surface area (Å²) in [5.74, 6) is 0.149. The fourth-order valence-electron chi connectivity index (χ4n) is 1.74. The summed E-state index contributed by atoms with van der Waals surface area (Å²) in [6, 6.07) is 10.6. The number of phenols is 1. The van der Waals surface area contributed by atoms with Crippen molar-refractivity contribution < 1.29 is 9.90 Å². The maximum atomic E-state index is 10.5. The first-order valence-corrected chi connectivity index (χ1v) is 6.09. The van der Waals surface area contributed by atoms with Crippen LogP contribution in [0.1, 0.15) is 5.56 Å². The monoisotopic (exact) mass is 303 g/mol. The molecule has 90 valence electrons. The van der Waals surface area contributed by atoms with Gasteiger partial charge in [0.1, 0.15) is 5.75 Å². The highest BCUT2D eigenvalue weighted by Crippen LogP contribution is 2.41. The second kappa shape index (κ2) is 5.17. The van der Waals surface area contributed by atoms with Crippen LogP contribution < -0.4 is 0 Å². The number of aryl methyl sites for hydroxylation is 1. The third-order valence-electron chi connectivity index (χ3n) is 2.66. The zero-order valence-corrected chi connectivity index (χ0v) is 11.2. The second-order valence-electron chi connectivity index (χ2n) is 3.81. The summed E-state index contributed by atoms with van der Waals surface area (Å²) in [6.07, 6.45) is 1.55. The normalized spacial score (nSPS) is 9.89. The van der Waals surface area contributed by atoms with Gasteiger partial charge in [-0.05, 0) is 34.5 Å². The quantitative estimate of drug-likeness (QED) is 0.671. The molecular weight excluding hydrogens is 294 g/mol. The number of aromatic hydroxyl groups is 1. The molecule has 0 aliphatic rings. The lowest BCUT2D eigenvalue weighted by Gasteiger charge is -2.10. The Labute approximate surface area is 113 Å². The topological polar surface area (TPSA) is 49.7 Å². The van der Waals surface area contributed by atoms with E-state index >= 15 is 0 Å². The second-order valence-corrected chi connectivity index (χ2v) is 4.61. The van der Waals surface area contributed by atoms with Gasteiger partial charge in [0.25, 0.3) is 0 Å². The van der Waals surface area contributed by atoms with E-state index in [1.807, 2.05) is 25.1 Å². The zero-order valence-electron chi connectivity index (χ0n) is 9.64. The highest BCUT2D eigenvalue weighted by Gasteiger charge is 2.13. The van der Waals surface area contributed by atoms with E-state index in [0.29, 0.717) is 16.8 Å². The van der Waals surface area contributed by atoms with E-state index in [1.165, 1.54) is 0 Å². The number of halogens is 1. The standard InChI is InChI=1S/C14H10BrNO2/c1-9-6-7-11(14(13(9)15)16-8-17)10-4-2-3-5-12(10)18/h2-7,18H,1H3.